The van der Waals surface area contributed by atoms with Crippen LogP contribution in [-0.4, -0.2) is 34.0 Å². The van der Waals surface area contributed by atoms with Crippen LogP contribution in [0.2, 0.25) is 0 Å². The first-order valence-corrected chi connectivity index (χ1v) is 7.74. The molecule has 0 radical (unpaired) electrons. The zero-order valence-electron chi connectivity index (χ0n) is 11.7. The largest absolute Gasteiger partial charge is 0.358 e. The Morgan fingerprint density at radius 2 is 2.05 bits per heavy atom. The standard InChI is InChI=1S/C13H15N3O2S2/c1-6-8(3)19-12-9(6)13(16-5-15-12)20-10(7(2)17)11(18)14-4/h5,10H,1-4H3,(H,14,18)/t10-/m0/s1. The van der Waals surface area contributed by atoms with Crippen LogP contribution in [-0.2, 0) is 9.59 Å². The molecule has 0 fully saturated rings. The molecule has 2 aromatic heterocycles. The topological polar surface area (TPSA) is 72.0 Å². The third kappa shape index (κ3) is 2.69. The molecule has 0 aromatic carbocycles. The van der Waals surface area contributed by atoms with Crippen LogP contribution in [0.5, 0.6) is 0 Å². The van der Waals surface area contributed by atoms with Crippen LogP contribution in [0, 0.1) is 13.8 Å². The van der Waals surface area contributed by atoms with Crippen molar-refractivity contribution in [2.45, 2.75) is 31.0 Å². The van der Waals surface area contributed by atoms with Crippen LogP contribution in [0.15, 0.2) is 11.4 Å². The van der Waals surface area contributed by atoms with E-state index in [9.17, 15) is 9.59 Å². The van der Waals surface area contributed by atoms with Gasteiger partial charge in [-0.05, 0) is 26.3 Å². The Hall–Kier alpha value is -1.47. The lowest BCUT2D eigenvalue weighted by Crippen LogP contribution is -2.34. The molecule has 7 heteroatoms. The molecule has 0 aliphatic heterocycles. The molecular weight excluding hydrogens is 294 g/mol. The number of aromatic nitrogens is 2. The Morgan fingerprint density at radius 1 is 1.35 bits per heavy atom. The molecule has 1 amide bonds. The highest BCUT2D eigenvalue weighted by molar-refractivity contribution is 8.01. The molecule has 1 atom stereocenters. The number of thioether (sulfide) groups is 1. The van der Waals surface area contributed by atoms with E-state index < -0.39 is 5.25 Å². The molecular formula is C13H15N3O2S2. The summed E-state index contributed by atoms with van der Waals surface area (Å²) in [7, 11) is 1.52. The second-order valence-corrected chi connectivity index (χ2v) is 6.66. The number of amides is 1. The number of thiophene rings is 1. The molecule has 2 rings (SSSR count). The smallest absolute Gasteiger partial charge is 0.240 e. The van der Waals surface area contributed by atoms with E-state index in [0.29, 0.717) is 5.03 Å². The first-order chi connectivity index (χ1) is 9.45. The summed E-state index contributed by atoms with van der Waals surface area (Å²) >= 11 is 2.77. The monoisotopic (exact) mass is 309 g/mol. The number of ketones is 1. The molecule has 1 N–H and O–H groups in total. The van der Waals surface area contributed by atoms with Crippen molar-refractivity contribution in [1.82, 2.24) is 15.3 Å². The molecule has 0 unspecified atom stereocenters. The molecule has 2 heterocycles. The SMILES string of the molecule is CNC(=O)[C@@H](Sc1ncnc2sc(C)c(C)c12)C(C)=O. The van der Waals surface area contributed by atoms with Gasteiger partial charge in [-0.25, -0.2) is 9.97 Å². The number of nitrogens with zero attached hydrogens (tertiary/aromatic N) is 2. The van der Waals surface area contributed by atoms with Gasteiger partial charge < -0.3 is 5.32 Å². The molecule has 106 valence electrons. The fourth-order valence-corrected chi connectivity index (χ4v) is 3.95. The fraction of sp³-hybridized carbons (Fsp3) is 0.385. The van der Waals surface area contributed by atoms with Gasteiger partial charge >= 0.3 is 0 Å². The van der Waals surface area contributed by atoms with Crippen LogP contribution in [0.4, 0.5) is 0 Å². The van der Waals surface area contributed by atoms with E-state index in [1.807, 2.05) is 13.8 Å². The molecule has 20 heavy (non-hydrogen) atoms. The summed E-state index contributed by atoms with van der Waals surface area (Å²) in [5, 5.41) is 3.35. The lowest BCUT2D eigenvalue weighted by atomic mass is 10.2. The van der Waals surface area contributed by atoms with Crippen molar-refractivity contribution in [2.24, 2.45) is 0 Å². The van der Waals surface area contributed by atoms with Crippen LogP contribution < -0.4 is 5.32 Å². The van der Waals surface area contributed by atoms with Crippen molar-refractivity contribution in [3.8, 4) is 0 Å². The number of rotatable bonds is 4. The van der Waals surface area contributed by atoms with Crippen LogP contribution in [0.3, 0.4) is 0 Å². The van der Waals surface area contributed by atoms with Crippen molar-refractivity contribution in [1.29, 1.82) is 0 Å². The van der Waals surface area contributed by atoms with E-state index in [0.717, 1.165) is 15.8 Å². The van der Waals surface area contributed by atoms with Gasteiger partial charge in [-0.3, -0.25) is 9.59 Å². The summed E-state index contributed by atoms with van der Waals surface area (Å²) in [6.45, 7) is 5.44. The van der Waals surface area contributed by atoms with Crippen LogP contribution in [0.1, 0.15) is 17.4 Å². The Kier molecular flexibility index (Phi) is 4.39. The van der Waals surface area contributed by atoms with Crippen molar-refractivity contribution in [3.05, 3.63) is 16.8 Å². The Labute approximate surface area is 125 Å². The molecule has 0 aliphatic carbocycles. The molecule has 2 aromatic rings. The molecule has 0 bridgehead atoms. The fourth-order valence-electron chi connectivity index (χ4n) is 1.80. The van der Waals surface area contributed by atoms with E-state index >= 15 is 0 Å². The lowest BCUT2D eigenvalue weighted by Gasteiger charge is -2.11. The molecule has 0 aliphatic rings. The van der Waals surface area contributed by atoms with E-state index in [2.05, 4.69) is 15.3 Å². The Balaban J connectivity index is 2.47. The average molecular weight is 309 g/mol. The van der Waals surface area contributed by atoms with Crippen molar-refractivity contribution in [3.63, 3.8) is 0 Å². The van der Waals surface area contributed by atoms with Crippen molar-refractivity contribution in [2.75, 3.05) is 7.05 Å². The third-order valence-electron chi connectivity index (χ3n) is 3.01. The zero-order chi connectivity index (χ0) is 14.9. The predicted octanol–water partition coefficient (Wildman–Crippen LogP) is 2.10. The van der Waals surface area contributed by atoms with Gasteiger partial charge in [0.15, 0.2) is 5.78 Å². The maximum atomic E-state index is 11.8. The summed E-state index contributed by atoms with van der Waals surface area (Å²) in [6.07, 6.45) is 1.47. The molecule has 5 nitrogen and oxygen atoms in total. The Morgan fingerprint density at radius 3 is 2.65 bits per heavy atom. The second-order valence-electron chi connectivity index (χ2n) is 4.37. The van der Waals surface area contributed by atoms with E-state index in [1.54, 1.807) is 11.3 Å². The van der Waals surface area contributed by atoms with Gasteiger partial charge in [0.2, 0.25) is 5.91 Å². The minimum Gasteiger partial charge on any atom is -0.358 e. The first kappa shape index (κ1) is 14.9. The highest BCUT2D eigenvalue weighted by Crippen LogP contribution is 2.36. The molecule has 0 spiro atoms. The van der Waals surface area contributed by atoms with Gasteiger partial charge in [0, 0.05) is 17.3 Å². The van der Waals surface area contributed by atoms with Gasteiger partial charge in [0.1, 0.15) is 21.4 Å². The molecule has 0 saturated heterocycles. The minimum atomic E-state index is -0.780. The van der Waals surface area contributed by atoms with Crippen molar-refractivity contribution >= 4 is 45.0 Å². The lowest BCUT2D eigenvalue weighted by molar-refractivity contribution is -0.126. The number of hydrogen-bond donors (Lipinski definition) is 1. The highest BCUT2D eigenvalue weighted by atomic mass is 32.2. The van der Waals surface area contributed by atoms with Gasteiger partial charge in [-0.1, -0.05) is 11.8 Å². The molecule has 0 saturated carbocycles. The normalized spacial score (nSPS) is 12.4. The van der Waals surface area contributed by atoms with Crippen molar-refractivity contribution < 1.29 is 9.59 Å². The minimum absolute atomic E-state index is 0.189. The number of Topliss-reactive ketones (excluding diaryl/α,β-unsaturated/α-hetero) is 1. The number of aryl methyl sites for hydroxylation is 2. The Bertz CT molecular complexity index is 682. The third-order valence-corrected chi connectivity index (χ3v) is 5.44. The van der Waals surface area contributed by atoms with E-state index in [4.69, 9.17) is 0 Å². The maximum Gasteiger partial charge on any atom is 0.240 e. The maximum absolute atomic E-state index is 11.8. The number of hydrogen-bond acceptors (Lipinski definition) is 6. The summed E-state index contributed by atoms with van der Waals surface area (Å²) in [5.74, 6) is -0.496. The summed E-state index contributed by atoms with van der Waals surface area (Å²) in [5.41, 5.74) is 1.10. The number of fused-ring (bicyclic) bond motifs is 1. The predicted molar refractivity (Wildman–Crippen MR) is 81.3 cm³/mol. The summed E-state index contributed by atoms with van der Waals surface area (Å²) < 4.78 is 0. The van der Waals surface area contributed by atoms with Gasteiger partial charge in [0.25, 0.3) is 0 Å². The number of carbonyl (C=O) groups excluding carboxylic acids is 2. The van der Waals surface area contributed by atoms with Crippen LogP contribution >= 0.6 is 23.1 Å². The summed E-state index contributed by atoms with van der Waals surface area (Å²) in [6, 6.07) is 0. The number of nitrogens with one attached hydrogen (secondary N) is 1. The van der Waals surface area contributed by atoms with Gasteiger partial charge in [-0.15, -0.1) is 11.3 Å². The van der Waals surface area contributed by atoms with Gasteiger partial charge in [-0.2, -0.15) is 0 Å². The summed E-state index contributed by atoms with van der Waals surface area (Å²) in [4.78, 5) is 34.0. The van der Waals surface area contributed by atoms with Crippen LogP contribution in [0.25, 0.3) is 10.2 Å². The van der Waals surface area contributed by atoms with E-state index in [-0.39, 0.29) is 11.7 Å². The van der Waals surface area contributed by atoms with Gasteiger partial charge in [0.05, 0.1) is 0 Å². The highest BCUT2D eigenvalue weighted by Gasteiger charge is 2.26. The quantitative estimate of drug-likeness (QED) is 0.532. The van der Waals surface area contributed by atoms with E-state index in [1.165, 1.54) is 36.9 Å². The number of carbonyl (C=O) groups is 2. The first-order valence-electron chi connectivity index (χ1n) is 6.05. The average Bonchev–Trinajstić information content (AvgIpc) is 2.71. The zero-order valence-corrected chi connectivity index (χ0v) is 13.3. The second kappa shape index (κ2) is 5.88.